The number of fused-ring (bicyclic) bond motifs is 3. The number of carbonyl (C=O) groups excluding carboxylic acids is 2. The Morgan fingerprint density at radius 2 is 1.96 bits per heavy atom. The van der Waals surface area contributed by atoms with Crippen molar-refractivity contribution in [3.8, 4) is 0 Å². The lowest BCUT2D eigenvalue weighted by Crippen LogP contribution is -2.56. The molecule has 0 aromatic heterocycles. The molecular weight excluding hydrogens is 302 g/mol. The Hall–Kier alpha value is -2.22. The fourth-order valence-corrected chi connectivity index (χ4v) is 3.20. The predicted molar refractivity (Wildman–Crippen MR) is 78.3 cm³/mol. The molecule has 0 unspecified atom stereocenters. The molecule has 0 amide bonds. The van der Waals surface area contributed by atoms with E-state index in [1.54, 1.807) is 12.1 Å². The first kappa shape index (κ1) is 15.7. The van der Waals surface area contributed by atoms with E-state index >= 15 is 0 Å². The standard InChI is InChI=1S/C16H17NO6/c1-9-12(14(19)23-8-7-22-2)15(20)13(18)10-5-3-4-6-11(10)16(15,21)17-9/h3-6,17,20-21H,7-8H2,1-2H3/t15-,16+/m0/s1. The fraction of sp³-hybridized carbons (Fsp3) is 0.375. The zero-order valence-electron chi connectivity index (χ0n) is 12.8. The van der Waals surface area contributed by atoms with Gasteiger partial charge >= 0.3 is 5.97 Å². The zero-order chi connectivity index (χ0) is 16.8. The van der Waals surface area contributed by atoms with Crippen LogP contribution < -0.4 is 5.32 Å². The van der Waals surface area contributed by atoms with Crippen molar-refractivity contribution in [3.05, 3.63) is 46.7 Å². The van der Waals surface area contributed by atoms with Gasteiger partial charge in [-0.2, -0.15) is 0 Å². The molecule has 1 aliphatic heterocycles. The Kier molecular flexibility index (Phi) is 3.51. The number of ether oxygens (including phenoxy) is 2. The molecule has 3 N–H and O–H groups in total. The van der Waals surface area contributed by atoms with Crippen molar-refractivity contribution in [3.63, 3.8) is 0 Å². The maximum absolute atomic E-state index is 12.7. The molecule has 0 fully saturated rings. The van der Waals surface area contributed by atoms with Crippen molar-refractivity contribution >= 4 is 11.8 Å². The SMILES string of the molecule is COCCOC(=O)C1=C(C)N[C@@]2(O)c3ccccc3C(=O)[C@@]12O. The van der Waals surface area contributed by atoms with Crippen LogP contribution in [-0.2, 0) is 20.0 Å². The summed E-state index contributed by atoms with van der Waals surface area (Å²) in [6.07, 6.45) is 0. The van der Waals surface area contributed by atoms with Gasteiger partial charge in [-0.25, -0.2) is 4.79 Å². The predicted octanol–water partition coefficient (Wildman–Crippen LogP) is -0.174. The van der Waals surface area contributed by atoms with Crippen LogP contribution in [0.1, 0.15) is 22.8 Å². The minimum Gasteiger partial charge on any atom is -0.460 e. The Morgan fingerprint density at radius 1 is 1.26 bits per heavy atom. The van der Waals surface area contributed by atoms with Crippen LogP contribution in [0.15, 0.2) is 35.5 Å². The molecule has 122 valence electrons. The second kappa shape index (κ2) is 5.16. The molecule has 2 aliphatic rings. The molecule has 2 atom stereocenters. The number of methoxy groups -OCH3 is 1. The van der Waals surface area contributed by atoms with Crippen LogP contribution in [0.3, 0.4) is 0 Å². The largest absolute Gasteiger partial charge is 0.460 e. The average molecular weight is 319 g/mol. The molecule has 1 aromatic carbocycles. The van der Waals surface area contributed by atoms with E-state index in [1.165, 1.54) is 26.2 Å². The number of aliphatic hydroxyl groups is 2. The Morgan fingerprint density at radius 3 is 2.65 bits per heavy atom. The molecule has 0 spiro atoms. The van der Waals surface area contributed by atoms with Gasteiger partial charge < -0.3 is 25.0 Å². The molecule has 0 bridgehead atoms. The van der Waals surface area contributed by atoms with Gasteiger partial charge in [-0.05, 0) is 6.92 Å². The topological polar surface area (TPSA) is 105 Å². The normalized spacial score (nSPS) is 28.4. The molecule has 0 radical (unpaired) electrons. The highest BCUT2D eigenvalue weighted by Gasteiger charge is 2.70. The molecule has 0 saturated carbocycles. The molecule has 3 rings (SSSR count). The number of esters is 1. The monoisotopic (exact) mass is 319 g/mol. The van der Waals surface area contributed by atoms with Crippen molar-refractivity contribution in [2.75, 3.05) is 20.3 Å². The van der Waals surface area contributed by atoms with Gasteiger partial charge in [0.2, 0.25) is 17.1 Å². The number of Topliss-reactive ketones (excluding diaryl/α,β-unsaturated/α-hetero) is 1. The molecule has 7 nitrogen and oxygen atoms in total. The third kappa shape index (κ3) is 1.87. The van der Waals surface area contributed by atoms with Gasteiger partial charge in [-0.1, -0.05) is 24.3 Å². The summed E-state index contributed by atoms with van der Waals surface area (Å²) < 4.78 is 9.81. The molecule has 7 heteroatoms. The first-order valence-corrected chi connectivity index (χ1v) is 7.12. The van der Waals surface area contributed by atoms with Crippen LogP contribution >= 0.6 is 0 Å². The van der Waals surface area contributed by atoms with Crippen molar-refractivity contribution in [2.24, 2.45) is 0 Å². The van der Waals surface area contributed by atoms with E-state index in [2.05, 4.69) is 5.32 Å². The molecular formula is C16H17NO6. The lowest BCUT2D eigenvalue weighted by atomic mass is 9.85. The number of hydrogen-bond donors (Lipinski definition) is 3. The van der Waals surface area contributed by atoms with Gasteiger partial charge in [0.25, 0.3) is 0 Å². The fourth-order valence-electron chi connectivity index (χ4n) is 3.20. The Bertz CT molecular complexity index is 727. The number of nitrogens with one attached hydrogen (secondary N) is 1. The van der Waals surface area contributed by atoms with Crippen LogP contribution in [0, 0.1) is 0 Å². The lowest BCUT2D eigenvalue weighted by Gasteiger charge is -2.31. The third-order valence-corrected chi connectivity index (χ3v) is 4.24. The maximum atomic E-state index is 12.7. The van der Waals surface area contributed by atoms with E-state index < -0.39 is 23.1 Å². The minimum absolute atomic E-state index is 0.0260. The number of allylic oxidation sites excluding steroid dienone is 1. The second-order valence-corrected chi connectivity index (χ2v) is 5.55. The minimum atomic E-state index is -2.41. The summed E-state index contributed by atoms with van der Waals surface area (Å²) in [6.45, 7) is 1.65. The van der Waals surface area contributed by atoms with Crippen molar-refractivity contribution in [2.45, 2.75) is 18.2 Å². The first-order chi connectivity index (χ1) is 10.9. The number of ketones is 1. The van der Waals surface area contributed by atoms with E-state index in [4.69, 9.17) is 9.47 Å². The van der Waals surface area contributed by atoms with Crippen LogP contribution in [0.25, 0.3) is 0 Å². The Balaban J connectivity index is 2.04. The van der Waals surface area contributed by atoms with Crippen LogP contribution in [0.2, 0.25) is 0 Å². The van der Waals surface area contributed by atoms with E-state index in [0.717, 1.165) is 0 Å². The summed E-state index contributed by atoms with van der Waals surface area (Å²) in [4.78, 5) is 25.0. The van der Waals surface area contributed by atoms with Gasteiger partial charge in [0.1, 0.15) is 12.2 Å². The van der Waals surface area contributed by atoms with Crippen molar-refractivity contribution in [1.29, 1.82) is 0 Å². The van der Waals surface area contributed by atoms with Crippen LogP contribution in [0.5, 0.6) is 0 Å². The lowest BCUT2D eigenvalue weighted by molar-refractivity contribution is -0.148. The van der Waals surface area contributed by atoms with E-state index in [9.17, 15) is 19.8 Å². The average Bonchev–Trinajstić information content (AvgIpc) is 2.83. The molecule has 1 heterocycles. The number of rotatable bonds is 4. The van der Waals surface area contributed by atoms with Gasteiger partial charge in [0.05, 0.1) is 6.61 Å². The van der Waals surface area contributed by atoms with Crippen molar-refractivity contribution in [1.82, 2.24) is 5.32 Å². The van der Waals surface area contributed by atoms with E-state index in [0.29, 0.717) is 0 Å². The number of hydrogen-bond acceptors (Lipinski definition) is 7. The zero-order valence-corrected chi connectivity index (χ0v) is 12.8. The number of benzene rings is 1. The van der Waals surface area contributed by atoms with E-state index in [1.807, 2.05) is 0 Å². The Labute approximate surface area is 132 Å². The third-order valence-electron chi connectivity index (χ3n) is 4.24. The molecule has 23 heavy (non-hydrogen) atoms. The molecule has 1 aromatic rings. The quantitative estimate of drug-likeness (QED) is 0.522. The van der Waals surface area contributed by atoms with Crippen LogP contribution in [0.4, 0.5) is 0 Å². The van der Waals surface area contributed by atoms with Crippen molar-refractivity contribution < 1.29 is 29.3 Å². The van der Waals surface area contributed by atoms with E-state index in [-0.39, 0.29) is 35.6 Å². The number of carbonyl (C=O) groups is 2. The van der Waals surface area contributed by atoms with Gasteiger partial charge in [-0.3, -0.25) is 4.79 Å². The van der Waals surface area contributed by atoms with Gasteiger partial charge in [0.15, 0.2) is 0 Å². The molecule has 1 aliphatic carbocycles. The molecule has 0 saturated heterocycles. The second-order valence-electron chi connectivity index (χ2n) is 5.55. The summed E-state index contributed by atoms with van der Waals surface area (Å²) in [5.41, 5.74) is -4.19. The smallest absolute Gasteiger partial charge is 0.339 e. The van der Waals surface area contributed by atoms with Gasteiger partial charge in [0, 0.05) is 23.9 Å². The summed E-state index contributed by atoms with van der Waals surface area (Å²) in [5, 5.41) is 24.6. The first-order valence-electron chi connectivity index (χ1n) is 7.12. The summed E-state index contributed by atoms with van der Waals surface area (Å²) in [7, 11) is 1.46. The summed E-state index contributed by atoms with van der Waals surface area (Å²) in [5.74, 6) is -1.61. The maximum Gasteiger partial charge on any atom is 0.339 e. The van der Waals surface area contributed by atoms with Crippen LogP contribution in [-0.4, -0.2) is 47.9 Å². The van der Waals surface area contributed by atoms with Gasteiger partial charge in [-0.15, -0.1) is 0 Å². The highest BCUT2D eigenvalue weighted by Crippen LogP contribution is 2.51. The highest BCUT2D eigenvalue weighted by atomic mass is 16.6. The summed E-state index contributed by atoms with van der Waals surface area (Å²) >= 11 is 0. The highest BCUT2D eigenvalue weighted by molar-refractivity contribution is 6.16. The summed E-state index contributed by atoms with van der Waals surface area (Å²) in [6, 6.07) is 6.29.